The molecule has 13 heteroatoms. The summed E-state index contributed by atoms with van der Waals surface area (Å²) in [7, 11) is -5.25. The minimum atomic E-state index is -5.25. The predicted molar refractivity (Wildman–Crippen MR) is 146 cm³/mol. The molecular formula is C27H49Na2O9PS. The Morgan fingerprint density at radius 2 is 1.15 bits per heavy atom. The van der Waals surface area contributed by atoms with Crippen LogP contribution in [-0.2, 0) is 32.9 Å². The van der Waals surface area contributed by atoms with Crippen LogP contribution in [0.15, 0.2) is 0 Å². The molecule has 0 saturated heterocycles. The van der Waals surface area contributed by atoms with Crippen molar-refractivity contribution in [3.05, 3.63) is 0 Å². The molecule has 0 aliphatic rings. The Bertz CT molecular complexity index is 680. The summed E-state index contributed by atoms with van der Waals surface area (Å²) in [6, 6.07) is 0. The molecule has 0 fully saturated rings. The van der Waals surface area contributed by atoms with Gasteiger partial charge < -0.3 is 28.3 Å². The maximum atomic E-state index is 12.2. The number of phosphoric acid groups is 1. The van der Waals surface area contributed by atoms with Crippen LogP contribution in [0.3, 0.4) is 0 Å². The van der Waals surface area contributed by atoms with E-state index in [2.05, 4.69) is 11.4 Å². The first-order valence-electron chi connectivity index (χ1n) is 14.3. The van der Waals surface area contributed by atoms with E-state index in [0.29, 0.717) is 12.8 Å². The summed E-state index contributed by atoms with van der Waals surface area (Å²) in [4.78, 5) is 56.7. The standard InChI is InChI=1S/C27H51O9PS.2Na/c1-3-4-5-6-7-8-9-10-11-13-17-20-27(30)36-25(23-35-37(31,32)33)22-34-26(29)19-16-14-12-15-18-21-38-24(2)28;;/h25H,3-23H2,1-2H3,(H2,31,32,33);;/q;2*+1/p-2/t25-;;/m1../s1. The Kier molecular flexibility index (Phi) is 35.8. The molecule has 0 aliphatic carbocycles. The zero-order valence-electron chi connectivity index (χ0n) is 25.5. The number of unbranched alkanes of at least 4 members (excludes halogenated alkanes) is 14. The van der Waals surface area contributed by atoms with Crippen LogP contribution in [-0.4, -0.2) is 42.1 Å². The van der Waals surface area contributed by atoms with Gasteiger partial charge in [0, 0.05) is 25.5 Å². The van der Waals surface area contributed by atoms with E-state index < -0.39 is 32.5 Å². The summed E-state index contributed by atoms with van der Waals surface area (Å²) in [6.07, 6.45) is 16.2. The second kappa shape index (κ2) is 31.5. The number of esters is 2. The molecule has 224 valence electrons. The van der Waals surface area contributed by atoms with Crippen LogP contribution in [0.25, 0.3) is 0 Å². The summed E-state index contributed by atoms with van der Waals surface area (Å²) < 4.78 is 25.4. The van der Waals surface area contributed by atoms with Crippen molar-refractivity contribution in [2.24, 2.45) is 0 Å². The van der Waals surface area contributed by atoms with Gasteiger partial charge in [-0.15, -0.1) is 0 Å². The van der Waals surface area contributed by atoms with Gasteiger partial charge in [-0.05, 0) is 19.3 Å². The second-order valence-electron chi connectivity index (χ2n) is 9.68. The Balaban J connectivity index is -0.00000684. The normalized spacial score (nSPS) is 11.7. The van der Waals surface area contributed by atoms with E-state index in [0.717, 1.165) is 50.7 Å². The number of hydrogen-bond donors (Lipinski definition) is 0. The third-order valence-electron chi connectivity index (χ3n) is 5.96. The first-order chi connectivity index (χ1) is 18.1. The van der Waals surface area contributed by atoms with Crippen molar-refractivity contribution in [1.29, 1.82) is 0 Å². The van der Waals surface area contributed by atoms with Gasteiger partial charge in [0.1, 0.15) is 6.61 Å². The Morgan fingerprint density at radius 1 is 0.700 bits per heavy atom. The van der Waals surface area contributed by atoms with E-state index in [1.807, 2.05) is 0 Å². The van der Waals surface area contributed by atoms with Crippen molar-refractivity contribution in [3.8, 4) is 0 Å². The number of ether oxygens (including phenoxy) is 2. The molecule has 0 saturated carbocycles. The fourth-order valence-corrected chi connectivity index (χ4v) is 4.83. The van der Waals surface area contributed by atoms with Gasteiger partial charge in [-0.25, -0.2) is 0 Å². The third-order valence-corrected chi connectivity index (χ3v) is 7.33. The Hall–Kier alpha value is 1.07. The quantitative estimate of drug-likeness (QED) is 0.0540. The molecular weight excluding hydrogens is 577 g/mol. The Morgan fingerprint density at radius 3 is 1.62 bits per heavy atom. The second-order valence-corrected chi connectivity index (χ2v) is 12.1. The summed E-state index contributed by atoms with van der Waals surface area (Å²) in [5, 5.41) is 0.115. The van der Waals surface area contributed by atoms with E-state index in [-0.39, 0.29) is 83.7 Å². The molecule has 0 N–H and O–H groups in total. The topological polar surface area (TPSA) is 142 Å². The van der Waals surface area contributed by atoms with Crippen LogP contribution in [0.4, 0.5) is 0 Å². The van der Waals surface area contributed by atoms with Crippen molar-refractivity contribution < 1.29 is 102 Å². The van der Waals surface area contributed by atoms with E-state index in [9.17, 15) is 28.7 Å². The van der Waals surface area contributed by atoms with Crippen molar-refractivity contribution in [1.82, 2.24) is 0 Å². The average Bonchev–Trinajstić information content (AvgIpc) is 2.85. The molecule has 0 aromatic rings. The van der Waals surface area contributed by atoms with Gasteiger partial charge in [-0.2, -0.15) is 0 Å². The van der Waals surface area contributed by atoms with Crippen molar-refractivity contribution in [2.75, 3.05) is 19.0 Å². The van der Waals surface area contributed by atoms with E-state index in [1.54, 1.807) is 6.92 Å². The third kappa shape index (κ3) is 35.3. The Labute approximate surface area is 290 Å². The maximum Gasteiger partial charge on any atom is 1.00 e. The minimum Gasteiger partial charge on any atom is -0.790 e. The summed E-state index contributed by atoms with van der Waals surface area (Å²) in [5.41, 5.74) is 0. The van der Waals surface area contributed by atoms with Crippen molar-refractivity contribution in [3.63, 3.8) is 0 Å². The zero-order chi connectivity index (χ0) is 28.5. The molecule has 9 nitrogen and oxygen atoms in total. The van der Waals surface area contributed by atoms with Gasteiger partial charge in [0.05, 0.1) is 14.4 Å². The molecule has 1 atom stereocenters. The van der Waals surface area contributed by atoms with Crippen LogP contribution >= 0.6 is 19.6 Å². The number of thioether (sulfide) groups is 1. The van der Waals surface area contributed by atoms with Crippen LogP contribution in [0, 0.1) is 0 Å². The zero-order valence-corrected chi connectivity index (χ0v) is 31.2. The average molecular weight is 627 g/mol. The van der Waals surface area contributed by atoms with Gasteiger partial charge in [0.2, 0.25) is 0 Å². The van der Waals surface area contributed by atoms with Gasteiger partial charge >= 0.3 is 71.1 Å². The van der Waals surface area contributed by atoms with Crippen molar-refractivity contribution in [2.45, 2.75) is 136 Å². The molecule has 40 heavy (non-hydrogen) atoms. The summed E-state index contributed by atoms with van der Waals surface area (Å²) in [5.74, 6) is -0.227. The van der Waals surface area contributed by atoms with Crippen LogP contribution in [0.2, 0.25) is 0 Å². The van der Waals surface area contributed by atoms with Crippen molar-refractivity contribution >= 4 is 36.6 Å². The van der Waals surface area contributed by atoms with E-state index in [1.165, 1.54) is 56.7 Å². The fraction of sp³-hybridized carbons (Fsp3) is 0.889. The molecule has 0 radical (unpaired) electrons. The van der Waals surface area contributed by atoms with Gasteiger partial charge in [0.25, 0.3) is 0 Å². The van der Waals surface area contributed by atoms with Crippen LogP contribution < -0.4 is 68.9 Å². The molecule has 0 aromatic carbocycles. The predicted octanol–water partition coefficient (Wildman–Crippen LogP) is -0.384. The van der Waals surface area contributed by atoms with E-state index >= 15 is 0 Å². The van der Waals surface area contributed by atoms with Crippen LogP contribution in [0.5, 0.6) is 0 Å². The molecule has 0 aliphatic heterocycles. The van der Waals surface area contributed by atoms with Gasteiger partial charge in [-0.3, -0.25) is 14.4 Å². The summed E-state index contributed by atoms with van der Waals surface area (Å²) >= 11 is 1.31. The molecule has 0 rings (SSSR count). The number of hydrogen-bond acceptors (Lipinski definition) is 10. The number of rotatable bonds is 26. The smallest absolute Gasteiger partial charge is 0.790 e. The molecule has 0 bridgehead atoms. The first kappa shape index (κ1) is 45.5. The van der Waals surface area contributed by atoms with E-state index in [4.69, 9.17) is 9.47 Å². The SMILES string of the molecule is CCCCCCCCCCCCCC(=O)O[C@H](COC(=O)CCCCCCCSC(C)=O)COP(=O)([O-])[O-].[Na+].[Na+]. The maximum absolute atomic E-state index is 12.2. The number of phosphoric ester groups is 1. The molecule has 0 spiro atoms. The van der Waals surface area contributed by atoms with Gasteiger partial charge in [0.15, 0.2) is 11.2 Å². The largest absolute Gasteiger partial charge is 1.00 e. The monoisotopic (exact) mass is 626 g/mol. The minimum absolute atomic E-state index is 0. The fourth-order valence-electron chi connectivity index (χ4n) is 3.84. The van der Waals surface area contributed by atoms with Gasteiger partial charge in [-0.1, -0.05) is 102 Å². The molecule has 0 heterocycles. The summed E-state index contributed by atoms with van der Waals surface area (Å²) in [6.45, 7) is 2.71. The molecule has 0 unspecified atom stereocenters. The number of carbonyl (C=O) groups excluding carboxylic acids is 3. The number of carbonyl (C=O) groups is 3. The molecule has 0 amide bonds. The first-order valence-corrected chi connectivity index (χ1v) is 16.7. The molecule has 0 aromatic heterocycles. The van der Waals surface area contributed by atoms with Crippen LogP contribution in [0.1, 0.15) is 129 Å².